The molecule has 0 aliphatic rings. The Morgan fingerprint density at radius 1 is 1.30 bits per heavy atom. The van der Waals surface area contributed by atoms with Crippen LogP contribution >= 0.6 is 11.8 Å². The quantitative estimate of drug-likeness (QED) is 0.688. The van der Waals surface area contributed by atoms with E-state index in [2.05, 4.69) is 31.3 Å². The van der Waals surface area contributed by atoms with Crippen molar-refractivity contribution in [3.8, 4) is 0 Å². The van der Waals surface area contributed by atoms with E-state index in [4.69, 9.17) is 0 Å². The van der Waals surface area contributed by atoms with Crippen LogP contribution in [0.5, 0.6) is 0 Å². The van der Waals surface area contributed by atoms with Gasteiger partial charge in [-0.05, 0) is 30.1 Å². The van der Waals surface area contributed by atoms with E-state index in [1.807, 2.05) is 18.2 Å². The average molecular weight is 295 g/mol. The Morgan fingerprint density at radius 3 is 2.60 bits per heavy atom. The Bertz CT molecular complexity index is 381. The number of nitrogens with one attached hydrogen (secondary N) is 1. The van der Waals surface area contributed by atoms with Crippen molar-refractivity contribution in [1.82, 2.24) is 5.32 Å². The van der Waals surface area contributed by atoms with Crippen molar-refractivity contribution in [2.24, 2.45) is 5.92 Å². The summed E-state index contributed by atoms with van der Waals surface area (Å²) < 4.78 is 0. The van der Waals surface area contributed by atoms with Gasteiger partial charge >= 0.3 is 0 Å². The minimum absolute atomic E-state index is 0.0125. The normalized spacial score (nSPS) is 12.4. The third kappa shape index (κ3) is 7.56. The zero-order valence-corrected chi connectivity index (χ0v) is 13.2. The molecule has 1 amide bonds. The maximum Gasteiger partial charge on any atom is 0.230 e. The van der Waals surface area contributed by atoms with Gasteiger partial charge in [-0.25, -0.2) is 0 Å². The first-order valence-corrected chi connectivity index (χ1v) is 8.29. The molecule has 0 radical (unpaired) electrons. The molecule has 4 heteroatoms. The highest BCUT2D eigenvalue weighted by Crippen LogP contribution is 2.08. The molecule has 1 atom stereocenters. The summed E-state index contributed by atoms with van der Waals surface area (Å²) in [6.07, 6.45) is 1.80. The van der Waals surface area contributed by atoms with Crippen molar-refractivity contribution < 1.29 is 9.90 Å². The number of aliphatic hydroxyl groups excluding tert-OH is 1. The number of amides is 1. The Hall–Kier alpha value is -1.00. The zero-order chi connectivity index (χ0) is 14.8. The standard InChI is InChI=1S/C16H25NO2S/c1-13(2)10-15(11-18)17-16(19)12-20-9-8-14-6-4-3-5-7-14/h3-7,13,15,18H,8-12H2,1-2H3,(H,17,19). The molecule has 1 aromatic rings. The Morgan fingerprint density at radius 2 is 2.00 bits per heavy atom. The first-order valence-electron chi connectivity index (χ1n) is 7.13. The van der Waals surface area contributed by atoms with E-state index in [1.54, 1.807) is 11.8 Å². The van der Waals surface area contributed by atoms with Crippen molar-refractivity contribution in [3.05, 3.63) is 35.9 Å². The van der Waals surface area contributed by atoms with Gasteiger partial charge in [0.15, 0.2) is 0 Å². The molecule has 0 spiro atoms. The molecule has 0 aromatic heterocycles. The summed E-state index contributed by atoms with van der Waals surface area (Å²) in [6.45, 7) is 4.19. The van der Waals surface area contributed by atoms with Crippen molar-refractivity contribution >= 4 is 17.7 Å². The number of rotatable bonds is 9. The van der Waals surface area contributed by atoms with Crippen LogP contribution in [0.4, 0.5) is 0 Å². The van der Waals surface area contributed by atoms with Gasteiger partial charge in [-0.2, -0.15) is 11.8 Å². The second kappa shape index (κ2) is 9.83. The molecule has 0 saturated carbocycles. The van der Waals surface area contributed by atoms with Crippen LogP contribution in [-0.2, 0) is 11.2 Å². The van der Waals surface area contributed by atoms with Crippen LogP contribution in [-0.4, -0.2) is 35.2 Å². The summed E-state index contributed by atoms with van der Waals surface area (Å²) in [6, 6.07) is 10.2. The lowest BCUT2D eigenvalue weighted by Gasteiger charge is -2.18. The maximum atomic E-state index is 11.8. The first-order chi connectivity index (χ1) is 9.61. The number of carbonyl (C=O) groups is 1. The lowest BCUT2D eigenvalue weighted by atomic mass is 10.0. The third-order valence-electron chi connectivity index (χ3n) is 2.95. The van der Waals surface area contributed by atoms with Gasteiger partial charge in [0, 0.05) is 0 Å². The molecule has 2 N–H and O–H groups in total. The highest BCUT2D eigenvalue weighted by atomic mass is 32.2. The van der Waals surface area contributed by atoms with Crippen molar-refractivity contribution in [3.63, 3.8) is 0 Å². The first kappa shape index (κ1) is 17.1. The van der Waals surface area contributed by atoms with E-state index in [1.165, 1.54) is 5.56 Å². The summed E-state index contributed by atoms with van der Waals surface area (Å²) >= 11 is 1.63. The molecular weight excluding hydrogens is 270 g/mol. The molecule has 0 saturated heterocycles. The monoisotopic (exact) mass is 295 g/mol. The van der Waals surface area contributed by atoms with Crippen LogP contribution in [0.2, 0.25) is 0 Å². The van der Waals surface area contributed by atoms with Crippen LogP contribution < -0.4 is 5.32 Å². The topological polar surface area (TPSA) is 49.3 Å². The molecule has 112 valence electrons. The number of thioether (sulfide) groups is 1. The fourth-order valence-electron chi connectivity index (χ4n) is 2.02. The summed E-state index contributed by atoms with van der Waals surface area (Å²) in [5, 5.41) is 12.1. The highest BCUT2D eigenvalue weighted by molar-refractivity contribution is 7.99. The third-order valence-corrected chi connectivity index (χ3v) is 3.91. The SMILES string of the molecule is CC(C)CC(CO)NC(=O)CSCCc1ccccc1. The van der Waals surface area contributed by atoms with Crippen molar-refractivity contribution in [2.75, 3.05) is 18.1 Å². The molecule has 0 aliphatic carbocycles. The van der Waals surface area contributed by atoms with E-state index in [0.29, 0.717) is 11.7 Å². The van der Waals surface area contributed by atoms with Gasteiger partial charge in [0.2, 0.25) is 5.91 Å². The average Bonchev–Trinajstić information content (AvgIpc) is 2.43. The molecule has 3 nitrogen and oxygen atoms in total. The summed E-state index contributed by atoms with van der Waals surface area (Å²) in [5.74, 6) is 1.88. The van der Waals surface area contributed by atoms with E-state index >= 15 is 0 Å². The van der Waals surface area contributed by atoms with Crippen LogP contribution in [0.3, 0.4) is 0 Å². The lowest BCUT2D eigenvalue weighted by Crippen LogP contribution is -2.39. The molecular formula is C16H25NO2S. The lowest BCUT2D eigenvalue weighted by molar-refractivity contribution is -0.119. The van der Waals surface area contributed by atoms with Crippen molar-refractivity contribution in [1.29, 1.82) is 0 Å². The number of hydrogen-bond donors (Lipinski definition) is 2. The summed E-state index contributed by atoms with van der Waals surface area (Å²) in [7, 11) is 0. The van der Waals surface area contributed by atoms with E-state index in [9.17, 15) is 9.90 Å². The zero-order valence-electron chi connectivity index (χ0n) is 12.3. The summed E-state index contributed by atoms with van der Waals surface area (Å²) in [5.41, 5.74) is 1.30. The number of aryl methyl sites for hydroxylation is 1. The van der Waals surface area contributed by atoms with Gasteiger partial charge in [-0.1, -0.05) is 44.2 Å². The number of benzene rings is 1. The highest BCUT2D eigenvalue weighted by Gasteiger charge is 2.12. The largest absolute Gasteiger partial charge is 0.394 e. The Kier molecular flexibility index (Phi) is 8.38. The van der Waals surface area contributed by atoms with Crippen molar-refractivity contribution in [2.45, 2.75) is 32.7 Å². The van der Waals surface area contributed by atoms with Gasteiger partial charge in [-0.15, -0.1) is 0 Å². The van der Waals surface area contributed by atoms with Gasteiger partial charge in [0.1, 0.15) is 0 Å². The van der Waals surface area contributed by atoms with Crippen LogP contribution in [0, 0.1) is 5.92 Å². The smallest absolute Gasteiger partial charge is 0.230 e. The number of aliphatic hydroxyl groups is 1. The predicted octanol–water partition coefficient (Wildman–Crippen LogP) is 2.49. The molecule has 1 unspecified atom stereocenters. The number of carbonyl (C=O) groups excluding carboxylic acids is 1. The predicted molar refractivity (Wildman–Crippen MR) is 85.9 cm³/mol. The van der Waals surface area contributed by atoms with Gasteiger partial charge in [0.25, 0.3) is 0 Å². The fourth-order valence-corrected chi connectivity index (χ4v) is 2.81. The van der Waals surface area contributed by atoms with Gasteiger partial charge < -0.3 is 10.4 Å². The van der Waals surface area contributed by atoms with Crippen LogP contribution in [0.1, 0.15) is 25.8 Å². The van der Waals surface area contributed by atoms with Crippen LogP contribution in [0.15, 0.2) is 30.3 Å². The molecule has 0 heterocycles. The second-order valence-electron chi connectivity index (χ2n) is 5.36. The summed E-state index contributed by atoms with van der Waals surface area (Å²) in [4.78, 5) is 11.8. The Balaban J connectivity index is 2.16. The molecule has 1 rings (SSSR count). The number of hydrogen-bond acceptors (Lipinski definition) is 3. The minimum atomic E-state index is -0.114. The maximum absolute atomic E-state index is 11.8. The molecule has 0 fully saturated rings. The van der Waals surface area contributed by atoms with E-state index < -0.39 is 0 Å². The van der Waals surface area contributed by atoms with Crippen LogP contribution in [0.25, 0.3) is 0 Å². The second-order valence-corrected chi connectivity index (χ2v) is 6.47. The van der Waals surface area contributed by atoms with E-state index in [-0.39, 0.29) is 18.6 Å². The van der Waals surface area contributed by atoms with Gasteiger partial charge in [-0.3, -0.25) is 4.79 Å². The minimum Gasteiger partial charge on any atom is -0.394 e. The fraction of sp³-hybridized carbons (Fsp3) is 0.562. The molecule has 20 heavy (non-hydrogen) atoms. The van der Waals surface area contributed by atoms with Gasteiger partial charge in [0.05, 0.1) is 18.4 Å². The Labute approximate surface area is 126 Å². The van der Waals surface area contributed by atoms with E-state index in [0.717, 1.165) is 18.6 Å². The molecule has 0 aliphatic heterocycles. The molecule has 0 bridgehead atoms. The molecule has 1 aromatic carbocycles.